The summed E-state index contributed by atoms with van der Waals surface area (Å²) in [6.45, 7) is 5.69. The molecule has 0 saturated carbocycles. The van der Waals surface area contributed by atoms with Crippen LogP contribution in [0.25, 0.3) is 0 Å². The zero-order valence-corrected chi connectivity index (χ0v) is 24.7. The van der Waals surface area contributed by atoms with Crippen LogP contribution in [0.4, 0.5) is 5.69 Å². The molecule has 3 N–H and O–H groups in total. The van der Waals surface area contributed by atoms with Gasteiger partial charge < -0.3 is 30.1 Å². The number of amides is 3. The summed E-state index contributed by atoms with van der Waals surface area (Å²) in [6, 6.07) is 17.2. The summed E-state index contributed by atoms with van der Waals surface area (Å²) in [5, 5.41) is 16.8. The second-order valence-corrected chi connectivity index (χ2v) is 12.2. The van der Waals surface area contributed by atoms with Crippen molar-refractivity contribution < 1.29 is 29.0 Å². The minimum atomic E-state index is -1.15. The highest BCUT2D eigenvalue weighted by Gasteiger charge is 2.79. The van der Waals surface area contributed by atoms with E-state index in [1.807, 2.05) is 67.6 Å². The number of hydrogen-bond acceptors (Lipinski definition) is 7. The first-order chi connectivity index (χ1) is 20.9. The lowest BCUT2D eigenvalue weighted by atomic mass is 9.65. The third-order valence-electron chi connectivity index (χ3n) is 9.94. The molecule has 43 heavy (non-hydrogen) atoms. The number of carbonyl (C=O) groups is 3. The Balaban J connectivity index is 1.32. The van der Waals surface area contributed by atoms with Gasteiger partial charge in [-0.25, -0.2) is 0 Å². The number of anilines is 1. The van der Waals surface area contributed by atoms with Crippen molar-refractivity contribution in [2.45, 2.75) is 55.9 Å². The fraction of sp³-hybridized carbons (Fsp3) is 0.545. The number of morpholine rings is 1. The molecule has 2 aromatic rings. The zero-order valence-electron chi connectivity index (χ0n) is 24.7. The summed E-state index contributed by atoms with van der Waals surface area (Å²) in [5.74, 6) is -2.46. The molecule has 0 radical (unpaired) electrons. The number of nitrogens with zero attached hydrogens (tertiary/aromatic N) is 2. The van der Waals surface area contributed by atoms with E-state index in [1.54, 1.807) is 4.90 Å². The summed E-state index contributed by atoms with van der Waals surface area (Å²) < 4.78 is 12.3. The lowest BCUT2D eigenvalue weighted by Crippen LogP contribution is -2.59. The highest BCUT2D eigenvalue weighted by atomic mass is 16.5. The summed E-state index contributed by atoms with van der Waals surface area (Å²) in [6.07, 6.45) is 2.00. The highest BCUT2D eigenvalue weighted by Crippen LogP contribution is 2.64. The maximum Gasteiger partial charge on any atom is 0.245 e. The maximum atomic E-state index is 14.6. The molecule has 0 aliphatic carbocycles. The molecule has 4 aliphatic heterocycles. The first kappa shape index (κ1) is 29.7. The number of aliphatic hydroxyl groups excluding tert-OH is 1. The molecule has 230 valence electrons. The summed E-state index contributed by atoms with van der Waals surface area (Å²) in [7, 11) is 0. The van der Waals surface area contributed by atoms with Crippen LogP contribution in [-0.2, 0) is 30.3 Å². The lowest BCUT2D eigenvalue weighted by Gasteiger charge is -2.37. The fourth-order valence-electron chi connectivity index (χ4n) is 7.88. The fourth-order valence-corrected chi connectivity index (χ4v) is 7.88. The van der Waals surface area contributed by atoms with Crippen molar-refractivity contribution in [3.8, 4) is 0 Å². The molecule has 0 aromatic heterocycles. The van der Waals surface area contributed by atoms with Crippen LogP contribution in [0.5, 0.6) is 0 Å². The van der Waals surface area contributed by atoms with E-state index in [2.05, 4.69) is 15.5 Å². The van der Waals surface area contributed by atoms with Gasteiger partial charge >= 0.3 is 0 Å². The van der Waals surface area contributed by atoms with Gasteiger partial charge in [0.15, 0.2) is 0 Å². The maximum absolute atomic E-state index is 14.6. The standard InChI is InChI=1S/C33H42N4O6/c1-2-32-13-14-33(43-32)27(26(32)29(39)35-24-11-7-4-8-12-24)31(41)37(25(22-38)21-23-9-5-3-6-10-23)28(33)30(40)34-15-16-36-17-19-42-20-18-36/h3-12,25-28,38H,2,13-22H2,1H3,(H,34,40)(H,35,39)/t25-,26-,27+,28?,32+,33?/m1/s1. The number of benzene rings is 2. The van der Waals surface area contributed by atoms with Crippen LogP contribution in [0, 0.1) is 11.8 Å². The van der Waals surface area contributed by atoms with Gasteiger partial charge in [0.2, 0.25) is 17.7 Å². The highest BCUT2D eigenvalue weighted by molar-refractivity contribution is 6.02. The molecule has 4 fully saturated rings. The van der Waals surface area contributed by atoms with Gasteiger partial charge in [-0.2, -0.15) is 0 Å². The van der Waals surface area contributed by atoms with Gasteiger partial charge in [0.25, 0.3) is 0 Å². The second kappa shape index (κ2) is 12.4. The largest absolute Gasteiger partial charge is 0.394 e. The number of hydrogen-bond donors (Lipinski definition) is 3. The smallest absolute Gasteiger partial charge is 0.245 e. The molecule has 4 heterocycles. The molecule has 6 rings (SSSR count). The third-order valence-corrected chi connectivity index (χ3v) is 9.94. The zero-order chi connectivity index (χ0) is 30.0. The Morgan fingerprint density at radius 1 is 1.02 bits per heavy atom. The van der Waals surface area contributed by atoms with E-state index in [4.69, 9.17) is 9.47 Å². The molecule has 2 unspecified atom stereocenters. The van der Waals surface area contributed by atoms with E-state index < -0.39 is 35.1 Å². The molecular formula is C33H42N4O6. The van der Waals surface area contributed by atoms with Crippen molar-refractivity contribution in [3.63, 3.8) is 0 Å². The van der Waals surface area contributed by atoms with Crippen LogP contribution in [0.3, 0.4) is 0 Å². The number of rotatable bonds is 11. The lowest BCUT2D eigenvalue weighted by molar-refractivity contribution is -0.150. The van der Waals surface area contributed by atoms with Gasteiger partial charge in [-0.1, -0.05) is 55.5 Å². The van der Waals surface area contributed by atoms with Crippen molar-refractivity contribution in [3.05, 3.63) is 66.2 Å². The van der Waals surface area contributed by atoms with E-state index >= 15 is 0 Å². The van der Waals surface area contributed by atoms with Gasteiger partial charge in [-0.05, 0) is 43.4 Å². The van der Waals surface area contributed by atoms with E-state index in [0.717, 1.165) is 18.7 Å². The predicted octanol–water partition coefficient (Wildman–Crippen LogP) is 1.83. The van der Waals surface area contributed by atoms with Crippen molar-refractivity contribution in [1.82, 2.24) is 15.1 Å². The molecule has 2 bridgehead atoms. The first-order valence-electron chi connectivity index (χ1n) is 15.5. The molecule has 3 amide bonds. The Bertz CT molecular complexity index is 1300. The summed E-state index contributed by atoms with van der Waals surface area (Å²) in [4.78, 5) is 46.5. The number of aliphatic hydroxyl groups is 1. The van der Waals surface area contributed by atoms with Crippen LogP contribution in [0.15, 0.2) is 60.7 Å². The molecule has 10 heteroatoms. The van der Waals surface area contributed by atoms with Crippen LogP contribution in [0.2, 0.25) is 0 Å². The van der Waals surface area contributed by atoms with E-state index in [-0.39, 0.29) is 24.3 Å². The topological polar surface area (TPSA) is 120 Å². The number of carbonyl (C=O) groups excluding carboxylic acids is 3. The summed E-state index contributed by atoms with van der Waals surface area (Å²) in [5.41, 5.74) is -0.401. The number of likely N-dealkylation sites (tertiary alicyclic amines) is 1. The van der Waals surface area contributed by atoms with Gasteiger partial charge in [0.1, 0.15) is 11.6 Å². The van der Waals surface area contributed by atoms with Gasteiger partial charge in [0, 0.05) is 31.9 Å². The summed E-state index contributed by atoms with van der Waals surface area (Å²) >= 11 is 0. The Hall–Kier alpha value is -3.31. The molecule has 2 aromatic carbocycles. The normalized spacial score (nSPS) is 30.7. The van der Waals surface area contributed by atoms with Crippen molar-refractivity contribution >= 4 is 23.4 Å². The molecule has 6 atom stereocenters. The number of ether oxygens (including phenoxy) is 2. The van der Waals surface area contributed by atoms with Crippen molar-refractivity contribution in [1.29, 1.82) is 0 Å². The minimum Gasteiger partial charge on any atom is -0.394 e. The van der Waals surface area contributed by atoms with Gasteiger partial charge in [-0.3, -0.25) is 19.3 Å². The number of para-hydroxylation sites is 1. The SMILES string of the molecule is CC[C@@]12CCC3(O1)C(C(=O)NCCN1CCOCC1)N([C@@H](CO)Cc1ccccc1)C(=O)[C@@H]3[C@@H]2C(=O)Nc1ccccc1. The number of nitrogens with one attached hydrogen (secondary N) is 2. The van der Waals surface area contributed by atoms with Gasteiger partial charge in [-0.15, -0.1) is 0 Å². The van der Waals surface area contributed by atoms with Crippen LogP contribution in [0.1, 0.15) is 31.7 Å². The third kappa shape index (κ3) is 5.35. The monoisotopic (exact) mass is 590 g/mol. The van der Waals surface area contributed by atoms with Crippen molar-refractivity contribution in [2.24, 2.45) is 11.8 Å². The van der Waals surface area contributed by atoms with Crippen molar-refractivity contribution in [2.75, 3.05) is 51.3 Å². The Morgan fingerprint density at radius 3 is 2.40 bits per heavy atom. The Morgan fingerprint density at radius 2 is 1.72 bits per heavy atom. The minimum absolute atomic E-state index is 0.273. The Kier molecular flexibility index (Phi) is 8.55. The van der Waals surface area contributed by atoms with E-state index in [0.29, 0.717) is 57.7 Å². The first-order valence-corrected chi connectivity index (χ1v) is 15.5. The second-order valence-electron chi connectivity index (χ2n) is 12.2. The molecule has 4 aliphatic rings. The van der Waals surface area contributed by atoms with E-state index in [9.17, 15) is 19.5 Å². The van der Waals surface area contributed by atoms with E-state index in [1.165, 1.54) is 0 Å². The van der Waals surface area contributed by atoms with Gasteiger partial charge in [0.05, 0.1) is 43.3 Å². The van der Waals surface area contributed by atoms with Crippen LogP contribution >= 0.6 is 0 Å². The Labute approximate surface area is 252 Å². The molecule has 10 nitrogen and oxygen atoms in total. The predicted molar refractivity (Wildman–Crippen MR) is 160 cm³/mol. The molecular weight excluding hydrogens is 548 g/mol. The quantitative estimate of drug-likeness (QED) is 0.365. The molecule has 4 saturated heterocycles. The number of fused-ring (bicyclic) bond motifs is 1. The van der Waals surface area contributed by atoms with Crippen LogP contribution < -0.4 is 10.6 Å². The van der Waals surface area contributed by atoms with Crippen LogP contribution in [-0.4, -0.2) is 102 Å². The molecule has 1 spiro atoms. The average Bonchev–Trinajstić information content (AvgIpc) is 3.65. The average molecular weight is 591 g/mol.